The average molecular weight is 514 g/mol. The Labute approximate surface area is 219 Å². The van der Waals surface area contributed by atoms with Gasteiger partial charge >= 0.3 is 0 Å². The lowest BCUT2D eigenvalue weighted by atomic mass is 10.1. The third-order valence-corrected chi connectivity index (χ3v) is 6.61. The molecule has 194 valence electrons. The molecule has 1 aromatic heterocycles. The Hall–Kier alpha value is -4.63. The number of anilines is 4. The first-order valence-electron chi connectivity index (χ1n) is 12.4. The van der Waals surface area contributed by atoms with Crippen LogP contribution < -0.4 is 21.3 Å². The number of amides is 2. The minimum Gasteiger partial charge on any atom is -0.393 e. The Morgan fingerprint density at radius 3 is 2.21 bits per heavy atom. The number of hydrogen-bond acceptors (Lipinski definition) is 5. The molecule has 9 heteroatoms. The molecule has 8 nitrogen and oxygen atoms in total. The molecule has 1 aliphatic heterocycles. The number of nitrogens with two attached hydrogens (primary N) is 1. The van der Waals surface area contributed by atoms with E-state index < -0.39 is 11.7 Å². The quantitative estimate of drug-likeness (QED) is 0.287. The molecule has 5 rings (SSSR count). The van der Waals surface area contributed by atoms with Gasteiger partial charge in [-0.2, -0.15) is 0 Å². The first-order valence-corrected chi connectivity index (χ1v) is 12.4. The second kappa shape index (κ2) is 10.8. The zero-order valence-electron chi connectivity index (χ0n) is 20.6. The SMILES string of the molecule is NC(=O)c1cccn1-c1ccc(Nc2ccc(NC(=O)c3ccc(N4CCC(O)CC4)cc3)cc2F)cc1. The number of primary amides is 1. The molecule has 0 atom stereocenters. The summed E-state index contributed by atoms with van der Waals surface area (Å²) in [6, 6.07) is 22.2. The van der Waals surface area contributed by atoms with E-state index in [0.29, 0.717) is 22.6 Å². The van der Waals surface area contributed by atoms with Gasteiger partial charge in [-0.25, -0.2) is 4.39 Å². The molecular formula is C29H28FN5O3. The number of benzene rings is 3. The van der Waals surface area contributed by atoms with Crippen molar-refractivity contribution in [3.05, 3.63) is 102 Å². The normalized spacial score (nSPS) is 13.8. The van der Waals surface area contributed by atoms with Crippen LogP contribution in [0.3, 0.4) is 0 Å². The maximum absolute atomic E-state index is 14.8. The van der Waals surface area contributed by atoms with Crippen molar-refractivity contribution in [3.63, 3.8) is 0 Å². The Morgan fingerprint density at radius 2 is 1.55 bits per heavy atom. The minimum atomic E-state index is -0.526. The van der Waals surface area contributed by atoms with Crippen molar-refractivity contribution in [2.45, 2.75) is 18.9 Å². The number of carbonyl (C=O) groups excluding carboxylic acids is 2. The summed E-state index contributed by atoms with van der Waals surface area (Å²) in [5.41, 5.74) is 9.25. The molecule has 0 radical (unpaired) electrons. The number of nitrogens with zero attached hydrogens (tertiary/aromatic N) is 2. The van der Waals surface area contributed by atoms with E-state index in [2.05, 4.69) is 15.5 Å². The number of halogens is 1. The van der Waals surface area contributed by atoms with E-state index in [1.807, 2.05) is 12.1 Å². The summed E-state index contributed by atoms with van der Waals surface area (Å²) in [4.78, 5) is 26.5. The van der Waals surface area contributed by atoms with E-state index in [1.54, 1.807) is 71.4 Å². The van der Waals surface area contributed by atoms with E-state index in [9.17, 15) is 19.1 Å². The molecule has 5 N–H and O–H groups in total. The molecule has 38 heavy (non-hydrogen) atoms. The van der Waals surface area contributed by atoms with Gasteiger partial charge in [0.15, 0.2) is 0 Å². The lowest BCUT2D eigenvalue weighted by Gasteiger charge is -2.31. The van der Waals surface area contributed by atoms with Crippen LogP contribution in [0.1, 0.15) is 33.7 Å². The van der Waals surface area contributed by atoms with E-state index >= 15 is 0 Å². The summed E-state index contributed by atoms with van der Waals surface area (Å²) in [5, 5.41) is 15.4. The summed E-state index contributed by atoms with van der Waals surface area (Å²) < 4.78 is 16.5. The third kappa shape index (κ3) is 5.52. The molecular weight excluding hydrogens is 485 g/mol. The Kier molecular flexibility index (Phi) is 7.10. The number of piperidine rings is 1. The van der Waals surface area contributed by atoms with Crippen molar-refractivity contribution in [1.29, 1.82) is 0 Å². The van der Waals surface area contributed by atoms with Gasteiger partial charge in [-0.05, 0) is 91.7 Å². The third-order valence-electron chi connectivity index (χ3n) is 6.61. The van der Waals surface area contributed by atoms with Crippen LogP contribution in [0.4, 0.5) is 27.1 Å². The van der Waals surface area contributed by atoms with Gasteiger partial charge in [0.25, 0.3) is 11.8 Å². The molecule has 2 amide bonds. The van der Waals surface area contributed by atoms with E-state index in [1.165, 1.54) is 6.07 Å². The number of carbonyl (C=O) groups is 2. The molecule has 0 unspecified atom stereocenters. The van der Waals surface area contributed by atoms with Crippen molar-refractivity contribution >= 4 is 34.6 Å². The predicted octanol–water partition coefficient (Wildman–Crippen LogP) is 4.67. The molecule has 4 aromatic rings. The maximum Gasteiger partial charge on any atom is 0.265 e. The fourth-order valence-corrected chi connectivity index (χ4v) is 4.51. The van der Waals surface area contributed by atoms with Crippen LogP contribution >= 0.6 is 0 Å². The number of hydrogen-bond donors (Lipinski definition) is 4. The van der Waals surface area contributed by atoms with Crippen molar-refractivity contribution in [1.82, 2.24) is 4.57 Å². The van der Waals surface area contributed by atoms with Gasteiger partial charge in [0.2, 0.25) is 0 Å². The summed E-state index contributed by atoms with van der Waals surface area (Å²) in [6.45, 7) is 1.56. The van der Waals surface area contributed by atoms with Gasteiger partial charge in [0, 0.05) is 47.6 Å². The van der Waals surface area contributed by atoms with Crippen LogP contribution in [0, 0.1) is 5.82 Å². The maximum atomic E-state index is 14.8. The first kappa shape index (κ1) is 25.0. The largest absolute Gasteiger partial charge is 0.393 e. The molecule has 1 saturated heterocycles. The second-order valence-electron chi connectivity index (χ2n) is 9.21. The Bertz CT molecular complexity index is 1440. The predicted molar refractivity (Wildman–Crippen MR) is 146 cm³/mol. The molecule has 0 spiro atoms. The van der Waals surface area contributed by atoms with Crippen LogP contribution in [0.2, 0.25) is 0 Å². The van der Waals surface area contributed by atoms with Crippen LogP contribution in [-0.4, -0.2) is 40.7 Å². The molecule has 3 aromatic carbocycles. The van der Waals surface area contributed by atoms with Gasteiger partial charge in [-0.1, -0.05) is 0 Å². The number of nitrogens with one attached hydrogen (secondary N) is 2. The minimum absolute atomic E-state index is 0.244. The molecule has 0 bridgehead atoms. The molecule has 0 aliphatic carbocycles. The monoisotopic (exact) mass is 513 g/mol. The number of aliphatic hydroxyl groups excluding tert-OH is 1. The summed E-state index contributed by atoms with van der Waals surface area (Å²) in [5.74, 6) is -1.37. The van der Waals surface area contributed by atoms with Gasteiger partial charge in [-0.15, -0.1) is 0 Å². The van der Waals surface area contributed by atoms with Gasteiger partial charge < -0.3 is 30.9 Å². The van der Waals surface area contributed by atoms with Crippen molar-refractivity contribution in [2.75, 3.05) is 28.6 Å². The van der Waals surface area contributed by atoms with E-state index in [-0.39, 0.29) is 17.7 Å². The fraction of sp³-hybridized carbons (Fsp3) is 0.172. The van der Waals surface area contributed by atoms with Gasteiger partial charge in [0.05, 0.1) is 11.8 Å². The molecule has 1 fully saturated rings. The number of aliphatic hydroxyl groups is 1. The highest BCUT2D eigenvalue weighted by atomic mass is 19.1. The summed E-state index contributed by atoms with van der Waals surface area (Å²) in [6.07, 6.45) is 2.96. The van der Waals surface area contributed by atoms with Crippen LogP contribution in [0.15, 0.2) is 85.1 Å². The second-order valence-corrected chi connectivity index (χ2v) is 9.21. The van der Waals surface area contributed by atoms with Crippen LogP contribution in [-0.2, 0) is 0 Å². The number of rotatable bonds is 7. The van der Waals surface area contributed by atoms with Gasteiger partial charge in [0.1, 0.15) is 11.5 Å². The zero-order chi connectivity index (χ0) is 26.6. The Balaban J connectivity index is 1.21. The lowest BCUT2D eigenvalue weighted by molar-refractivity contribution is 0.0991. The highest BCUT2D eigenvalue weighted by Gasteiger charge is 2.18. The van der Waals surface area contributed by atoms with Crippen molar-refractivity contribution < 1.29 is 19.1 Å². The van der Waals surface area contributed by atoms with Crippen LogP contribution in [0.25, 0.3) is 5.69 Å². The fourth-order valence-electron chi connectivity index (χ4n) is 4.51. The van der Waals surface area contributed by atoms with Gasteiger partial charge in [-0.3, -0.25) is 9.59 Å². The standard InChI is InChI=1S/C29H28FN5O3/c30-25-18-21(33-29(38)19-3-8-22(9-4-19)34-16-13-24(36)14-17-34)7-12-26(25)32-20-5-10-23(11-6-20)35-15-1-2-27(35)28(31)37/h1-12,15,18,24,32,36H,13-14,16-17H2,(H2,31,37)(H,33,38). The molecule has 1 aliphatic rings. The summed E-state index contributed by atoms with van der Waals surface area (Å²) >= 11 is 0. The smallest absolute Gasteiger partial charge is 0.265 e. The molecule has 2 heterocycles. The highest BCUT2D eigenvalue weighted by Crippen LogP contribution is 2.25. The zero-order valence-corrected chi connectivity index (χ0v) is 20.6. The number of aromatic nitrogens is 1. The summed E-state index contributed by atoms with van der Waals surface area (Å²) in [7, 11) is 0. The molecule has 0 saturated carbocycles. The van der Waals surface area contributed by atoms with Crippen molar-refractivity contribution in [2.24, 2.45) is 5.73 Å². The average Bonchev–Trinajstić information content (AvgIpc) is 3.42. The van der Waals surface area contributed by atoms with E-state index in [4.69, 9.17) is 5.73 Å². The van der Waals surface area contributed by atoms with Crippen molar-refractivity contribution in [3.8, 4) is 5.69 Å². The topological polar surface area (TPSA) is 113 Å². The highest BCUT2D eigenvalue weighted by molar-refractivity contribution is 6.04. The van der Waals surface area contributed by atoms with E-state index in [0.717, 1.165) is 37.3 Å². The van der Waals surface area contributed by atoms with Crippen LogP contribution in [0.5, 0.6) is 0 Å². The lowest BCUT2D eigenvalue weighted by Crippen LogP contribution is -2.35. The Morgan fingerprint density at radius 1 is 0.895 bits per heavy atom. The first-order chi connectivity index (χ1) is 18.4.